The minimum absolute atomic E-state index is 0.0875. The summed E-state index contributed by atoms with van der Waals surface area (Å²) in [6, 6.07) is 1.60. The maximum atomic E-state index is 7.37. The fraction of sp³-hybridized carbons (Fsp3) is 0. The van der Waals surface area contributed by atoms with E-state index in [1.807, 2.05) is 0 Å². The van der Waals surface area contributed by atoms with Crippen molar-refractivity contribution in [2.45, 2.75) is 0 Å². The van der Waals surface area contributed by atoms with Crippen LogP contribution in [0.25, 0.3) is 5.82 Å². The molecular weight excluding hydrogens is 340 g/mol. The van der Waals surface area contributed by atoms with Crippen molar-refractivity contribution in [3.63, 3.8) is 0 Å². The Morgan fingerprint density at radius 2 is 2.31 bits per heavy atom. The first kappa shape index (κ1) is 11.3. The quantitative estimate of drug-likeness (QED) is 0.494. The molecule has 0 unspecified atom stereocenters. The van der Waals surface area contributed by atoms with E-state index in [9.17, 15) is 0 Å². The number of pyridine rings is 1. The Morgan fingerprint density at radius 3 is 2.88 bits per heavy atom. The monoisotopic (exact) mass is 347 g/mol. The number of nitrogen functional groups attached to an aromatic ring is 1. The minimum atomic E-state index is -0.0875. The van der Waals surface area contributed by atoms with E-state index in [4.69, 9.17) is 22.7 Å². The molecule has 16 heavy (non-hydrogen) atoms. The van der Waals surface area contributed by atoms with Gasteiger partial charge in [-0.1, -0.05) is 11.6 Å². The van der Waals surface area contributed by atoms with Gasteiger partial charge in [0.1, 0.15) is 5.84 Å². The third-order valence-corrected chi connectivity index (χ3v) is 2.86. The summed E-state index contributed by atoms with van der Waals surface area (Å²) in [5.74, 6) is 0.382. The van der Waals surface area contributed by atoms with Gasteiger partial charge in [-0.2, -0.15) is 5.10 Å². The highest BCUT2D eigenvalue weighted by Crippen LogP contribution is 2.22. The predicted molar refractivity (Wildman–Crippen MR) is 70.1 cm³/mol. The van der Waals surface area contributed by atoms with Crippen molar-refractivity contribution in [2.24, 2.45) is 5.73 Å². The summed E-state index contributed by atoms with van der Waals surface area (Å²) in [5, 5.41) is 11.8. The van der Waals surface area contributed by atoms with Crippen LogP contribution in [0.1, 0.15) is 5.56 Å². The molecule has 2 aromatic heterocycles. The SMILES string of the molecule is N=C(N)c1ccnc(-n2cc(I)cn2)c1Cl. The van der Waals surface area contributed by atoms with Gasteiger partial charge in [-0.25, -0.2) is 9.67 Å². The van der Waals surface area contributed by atoms with Gasteiger partial charge in [-0.3, -0.25) is 5.41 Å². The zero-order valence-electron chi connectivity index (χ0n) is 7.98. The molecule has 0 fully saturated rings. The molecule has 0 saturated heterocycles. The molecule has 0 bridgehead atoms. The topological polar surface area (TPSA) is 80.6 Å². The van der Waals surface area contributed by atoms with Gasteiger partial charge in [0.25, 0.3) is 0 Å². The van der Waals surface area contributed by atoms with Crippen molar-refractivity contribution in [2.75, 3.05) is 0 Å². The predicted octanol–water partition coefficient (Wildman–Crippen LogP) is 1.81. The Morgan fingerprint density at radius 1 is 1.56 bits per heavy atom. The number of hydrogen-bond donors (Lipinski definition) is 2. The second-order valence-corrected chi connectivity index (χ2v) is 4.64. The van der Waals surface area contributed by atoms with E-state index in [2.05, 4.69) is 32.7 Å². The third-order valence-electron chi connectivity index (χ3n) is 1.93. The van der Waals surface area contributed by atoms with Gasteiger partial charge in [-0.15, -0.1) is 0 Å². The van der Waals surface area contributed by atoms with E-state index in [0.717, 1.165) is 3.57 Å². The number of nitrogens with one attached hydrogen (secondary N) is 1. The van der Waals surface area contributed by atoms with Crippen molar-refractivity contribution in [1.29, 1.82) is 5.41 Å². The fourth-order valence-corrected chi connectivity index (χ4v) is 1.91. The van der Waals surface area contributed by atoms with Gasteiger partial charge in [0.05, 0.1) is 14.8 Å². The van der Waals surface area contributed by atoms with Crippen molar-refractivity contribution in [1.82, 2.24) is 14.8 Å². The summed E-state index contributed by atoms with van der Waals surface area (Å²) in [4.78, 5) is 4.12. The molecule has 2 aromatic rings. The standard InChI is InChI=1S/C9H7ClIN5/c10-7-6(8(12)13)1-2-14-9(7)16-4-5(11)3-15-16/h1-4H,(H3,12,13). The Bertz CT molecular complexity index is 551. The lowest BCUT2D eigenvalue weighted by Gasteiger charge is -2.06. The summed E-state index contributed by atoms with van der Waals surface area (Å²) < 4.78 is 2.53. The molecule has 7 heteroatoms. The zero-order valence-corrected chi connectivity index (χ0v) is 10.9. The summed E-state index contributed by atoms with van der Waals surface area (Å²) in [6.07, 6.45) is 5.03. The van der Waals surface area contributed by atoms with Crippen LogP contribution >= 0.6 is 34.2 Å². The van der Waals surface area contributed by atoms with Crippen LogP contribution in [0, 0.1) is 8.98 Å². The van der Waals surface area contributed by atoms with Crippen molar-refractivity contribution in [3.8, 4) is 5.82 Å². The molecule has 0 aliphatic heterocycles. The van der Waals surface area contributed by atoms with Crippen LogP contribution in [0.5, 0.6) is 0 Å². The molecule has 0 amide bonds. The second kappa shape index (κ2) is 4.38. The molecule has 0 spiro atoms. The fourth-order valence-electron chi connectivity index (χ4n) is 1.22. The average Bonchev–Trinajstić information content (AvgIpc) is 2.64. The smallest absolute Gasteiger partial charge is 0.172 e. The Labute approximate surface area is 110 Å². The van der Waals surface area contributed by atoms with Gasteiger partial charge in [0.15, 0.2) is 5.82 Å². The van der Waals surface area contributed by atoms with Crippen LogP contribution < -0.4 is 5.73 Å². The number of hydrogen-bond acceptors (Lipinski definition) is 3. The molecule has 5 nitrogen and oxygen atoms in total. The summed E-state index contributed by atoms with van der Waals surface area (Å²) in [6.45, 7) is 0. The van der Waals surface area contributed by atoms with Crippen molar-refractivity contribution < 1.29 is 0 Å². The highest BCUT2D eigenvalue weighted by molar-refractivity contribution is 14.1. The van der Waals surface area contributed by atoms with Crippen LogP contribution in [0.2, 0.25) is 5.02 Å². The molecule has 3 N–H and O–H groups in total. The molecule has 0 aliphatic carbocycles. The van der Waals surface area contributed by atoms with Crippen molar-refractivity contribution in [3.05, 3.63) is 38.8 Å². The third kappa shape index (κ3) is 2.03. The lowest BCUT2D eigenvalue weighted by atomic mass is 10.2. The largest absolute Gasteiger partial charge is 0.384 e. The van der Waals surface area contributed by atoms with Gasteiger partial charge in [-0.05, 0) is 28.7 Å². The lowest BCUT2D eigenvalue weighted by molar-refractivity contribution is 0.846. The molecule has 82 valence electrons. The molecule has 0 radical (unpaired) electrons. The summed E-state index contributed by atoms with van der Waals surface area (Å²) in [7, 11) is 0. The number of rotatable bonds is 2. The summed E-state index contributed by atoms with van der Waals surface area (Å²) >= 11 is 8.24. The van der Waals surface area contributed by atoms with E-state index < -0.39 is 0 Å². The van der Waals surface area contributed by atoms with E-state index in [1.165, 1.54) is 0 Å². The number of halogens is 2. The first-order valence-corrected chi connectivity index (χ1v) is 5.74. The highest BCUT2D eigenvalue weighted by atomic mass is 127. The normalized spacial score (nSPS) is 10.4. The first-order chi connectivity index (χ1) is 7.59. The molecule has 0 saturated carbocycles. The maximum absolute atomic E-state index is 7.37. The lowest BCUT2D eigenvalue weighted by Crippen LogP contribution is -2.13. The Kier molecular flexibility index (Phi) is 3.10. The first-order valence-electron chi connectivity index (χ1n) is 4.29. The number of aromatic nitrogens is 3. The van der Waals surface area contributed by atoms with Gasteiger partial charge >= 0.3 is 0 Å². The van der Waals surface area contributed by atoms with Gasteiger partial charge in [0, 0.05) is 18.0 Å². The van der Waals surface area contributed by atoms with Gasteiger partial charge < -0.3 is 5.73 Å². The van der Waals surface area contributed by atoms with E-state index in [-0.39, 0.29) is 5.84 Å². The number of amidine groups is 1. The van der Waals surface area contributed by atoms with E-state index >= 15 is 0 Å². The molecule has 0 aromatic carbocycles. The number of nitrogens with zero attached hydrogens (tertiary/aromatic N) is 3. The average molecular weight is 348 g/mol. The van der Waals surface area contributed by atoms with E-state index in [0.29, 0.717) is 16.4 Å². The maximum Gasteiger partial charge on any atom is 0.172 e. The highest BCUT2D eigenvalue weighted by Gasteiger charge is 2.11. The van der Waals surface area contributed by atoms with Crippen LogP contribution in [0.3, 0.4) is 0 Å². The zero-order chi connectivity index (χ0) is 11.7. The molecular formula is C9H7ClIN5. The molecule has 0 atom stereocenters. The number of nitrogens with two attached hydrogens (primary N) is 1. The summed E-state index contributed by atoms with van der Waals surface area (Å²) in [5.41, 5.74) is 5.86. The van der Waals surface area contributed by atoms with Gasteiger partial charge in [0.2, 0.25) is 0 Å². The van der Waals surface area contributed by atoms with E-state index in [1.54, 1.807) is 29.3 Å². The van der Waals surface area contributed by atoms with Crippen LogP contribution in [0.4, 0.5) is 0 Å². The van der Waals surface area contributed by atoms with Crippen LogP contribution in [0.15, 0.2) is 24.7 Å². The molecule has 0 aliphatic rings. The minimum Gasteiger partial charge on any atom is -0.384 e. The van der Waals surface area contributed by atoms with Crippen molar-refractivity contribution >= 4 is 40.0 Å². The molecule has 2 rings (SSSR count). The second-order valence-electron chi connectivity index (χ2n) is 3.01. The molecule has 2 heterocycles. The Balaban J connectivity index is 2.58. The van der Waals surface area contributed by atoms with Crippen LogP contribution in [-0.4, -0.2) is 20.6 Å². The van der Waals surface area contributed by atoms with Crippen LogP contribution in [-0.2, 0) is 0 Å². The Hall–Kier alpha value is -1.15.